The van der Waals surface area contributed by atoms with Crippen molar-refractivity contribution in [2.24, 2.45) is 0 Å². The van der Waals surface area contributed by atoms with Crippen molar-refractivity contribution < 1.29 is 29.8 Å². The highest BCUT2D eigenvalue weighted by Crippen LogP contribution is 2.39. The van der Waals surface area contributed by atoms with Gasteiger partial charge in [-0.3, -0.25) is 0 Å². The minimum atomic E-state index is -4.23. The molecule has 11 nitrogen and oxygen atoms in total. The van der Waals surface area contributed by atoms with Gasteiger partial charge in [-0.2, -0.15) is 25.1 Å². The molecule has 0 aliphatic carbocycles. The zero-order chi connectivity index (χ0) is 29.0. The molecule has 2 aromatic heterocycles. The Hall–Kier alpha value is -4.34. The predicted molar refractivity (Wildman–Crippen MR) is 146 cm³/mol. The maximum Gasteiger partial charge on any atom is 0.310 e. The van der Waals surface area contributed by atoms with Crippen LogP contribution in [0, 0.1) is 11.6 Å². The van der Waals surface area contributed by atoms with Gasteiger partial charge in [0.15, 0.2) is 5.75 Å². The van der Waals surface area contributed by atoms with Crippen molar-refractivity contribution in [1.29, 1.82) is 0 Å². The molecule has 15 heteroatoms. The number of imidazole rings is 2. The Morgan fingerprint density at radius 2 is 1.57 bits per heavy atom. The molecule has 0 atom stereocenters. The van der Waals surface area contributed by atoms with E-state index in [4.69, 9.17) is 9.92 Å². The second-order valence-electron chi connectivity index (χ2n) is 8.93. The third kappa shape index (κ3) is 4.78. The Morgan fingerprint density at radius 1 is 0.925 bits per heavy atom. The summed E-state index contributed by atoms with van der Waals surface area (Å²) in [6, 6.07) is 14.7. The molecule has 0 amide bonds. The summed E-state index contributed by atoms with van der Waals surface area (Å²) in [5.41, 5.74) is 6.47. The van der Waals surface area contributed by atoms with E-state index in [9.17, 15) is 25.6 Å². The van der Waals surface area contributed by atoms with Gasteiger partial charge in [-0.15, -0.1) is 0 Å². The Balaban J connectivity index is 1.88. The van der Waals surface area contributed by atoms with Gasteiger partial charge in [0.2, 0.25) is 5.95 Å². The highest BCUT2D eigenvalue weighted by molar-refractivity contribution is 7.87. The van der Waals surface area contributed by atoms with E-state index in [-0.39, 0.29) is 33.9 Å². The van der Waals surface area contributed by atoms with Gasteiger partial charge in [-0.25, -0.2) is 18.7 Å². The second kappa shape index (κ2) is 9.69. The fourth-order valence-corrected chi connectivity index (χ4v) is 5.60. The molecular formula is C25H22F2N6O5S2. The van der Waals surface area contributed by atoms with Crippen molar-refractivity contribution in [1.82, 2.24) is 23.2 Å². The third-order valence-corrected chi connectivity index (χ3v) is 8.13. The standard InChI is InChI=1S/C25H22F2N6O5S2/c1-32(2)40(36,37)33-18-12-15(13-19(38-39(3,34)35)23(18)31-25(33)28)22-21(14-8-5-4-6-9-14)29-24(30-22)20-16(26)10-7-11-17(20)27/h4-13H,1-3H3,(H2,28,31)(H,29,30). The van der Waals surface area contributed by atoms with Gasteiger partial charge in [-0.05, 0) is 24.3 Å². The van der Waals surface area contributed by atoms with Crippen LogP contribution < -0.4 is 9.92 Å². The first kappa shape index (κ1) is 27.2. The maximum absolute atomic E-state index is 14.7. The van der Waals surface area contributed by atoms with Crippen LogP contribution in [0.5, 0.6) is 5.75 Å². The largest absolute Gasteiger partial charge is 0.380 e. The lowest BCUT2D eigenvalue weighted by molar-refractivity contribution is 0.495. The van der Waals surface area contributed by atoms with Crippen molar-refractivity contribution in [3.63, 3.8) is 0 Å². The molecule has 2 heterocycles. The zero-order valence-corrected chi connectivity index (χ0v) is 22.9. The second-order valence-corrected chi connectivity index (χ2v) is 12.5. The number of nitrogens with two attached hydrogens (primary N) is 1. The number of H-pyrrole nitrogens is 1. The molecule has 5 rings (SSSR count). The monoisotopic (exact) mass is 588 g/mol. The van der Waals surface area contributed by atoms with Crippen molar-refractivity contribution in [2.45, 2.75) is 0 Å². The topological polar surface area (TPSA) is 153 Å². The van der Waals surface area contributed by atoms with Gasteiger partial charge in [0.05, 0.1) is 28.7 Å². The summed E-state index contributed by atoms with van der Waals surface area (Å²) in [5, 5.41) is 0. The van der Waals surface area contributed by atoms with Gasteiger partial charge in [0, 0.05) is 25.2 Å². The van der Waals surface area contributed by atoms with Crippen molar-refractivity contribution in [3.8, 4) is 39.7 Å². The number of nitrogens with one attached hydrogen (secondary N) is 1. The molecule has 3 N–H and O–H groups in total. The Bertz CT molecular complexity index is 1970. The molecule has 0 radical (unpaired) electrons. The van der Waals surface area contributed by atoms with E-state index in [1.807, 2.05) is 0 Å². The number of hydrogen-bond donors (Lipinski definition) is 2. The number of aromatic nitrogens is 4. The van der Waals surface area contributed by atoms with E-state index in [1.54, 1.807) is 30.3 Å². The zero-order valence-electron chi connectivity index (χ0n) is 21.3. The normalized spacial score (nSPS) is 12.3. The molecule has 40 heavy (non-hydrogen) atoms. The number of anilines is 1. The molecule has 0 aliphatic heterocycles. The summed E-state index contributed by atoms with van der Waals surface area (Å²) < 4.78 is 86.7. The van der Waals surface area contributed by atoms with Crippen molar-refractivity contribution in [2.75, 3.05) is 26.1 Å². The molecule has 0 aliphatic rings. The lowest BCUT2D eigenvalue weighted by atomic mass is 10.0. The highest BCUT2D eigenvalue weighted by Gasteiger charge is 2.28. The van der Waals surface area contributed by atoms with Crippen LogP contribution in [0.25, 0.3) is 44.9 Å². The lowest BCUT2D eigenvalue weighted by Gasteiger charge is -2.14. The molecule has 208 valence electrons. The van der Waals surface area contributed by atoms with Crippen LogP contribution in [0.2, 0.25) is 0 Å². The average molecular weight is 589 g/mol. The first-order chi connectivity index (χ1) is 18.8. The molecular weight excluding hydrogens is 566 g/mol. The van der Waals surface area contributed by atoms with Crippen LogP contribution in [0.1, 0.15) is 0 Å². The van der Waals surface area contributed by atoms with Crippen LogP contribution in [-0.4, -0.2) is 60.4 Å². The van der Waals surface area contributed by atoms with Crippen molar-refractivity contribution >= 4 is 37.3 Å². The molecule has 0 unspecified atom stereocenters. The fraction of sp³-hybridized carbons (Fsp3) is 0.120. The fourth-order valence-electron chi connectivity index (χ4n) is 4.15. The van der Waals surface area contributed by atoms with Gasteiger partial charge < -0.3 is 14.9 Å². The van der Waals surface area contributed by atoms with E-state index in [0.717, 1.165) is 26.7 Å². The Morgan fingerprint density at radius 3 is 2.17 bits per heavy atom. The Kier molecular flexibility index (Phi) is 6.60. The van der Waals surface area contributed by atoms with E-state index in [1.165, 1.54) is 32.3 Å². The van der Waals surface area contributed by atoms with Crippen LogP contribution in [0.4, 0.5) is 14.7 Å². The minimum absolute atomic E-state index is 0.108. The minimum Gasteiger partial charge on any atom is -0.380 e. The van der Waals surface area contributed by atoms with E-state index >= 15 is 0 Å². The number of aromatic amines is 1. The van der Waals surface area contributed by atoms with Gasteiger partial charge in [0.1, 0.15) is 23.0 Å². The number of hydrogen-bond acceptors (Lipinski definition) is 8. The summed E-state index contributed by atoms with van der Waals surface area (Å²) in [6.45, 7) is 0. The van der Waals surface area contributed by atoms with E-state index in [0.29, 0.717) is 11.3 Å². The maximum atomic E-state index is 14.7. The van der Waals surface area contributed by atoms with Crippen LogP contribution in [0.15, 0.2) is 60.7 Å². The summed E-state index contributed by atoms with van der Waals surface area (Å²) in [4.78, 5) is 11.5. The number of benzene rings is 3. The smallest absolute Gasteiger partial charge is 0.310 e. The van der Waals surface area contributed by atoms with Crippen LogP contribution >= 0.6 is 0 Å². The highest BCUT2D eigenvalue weighted by atomic mass is 32.2. The van der Waals surface area contributed by atoms with Gasteiger partial charge >= 0.3 is 20.3 Å². The van der Waals surface area contributed by atoms with Crippen LogP contribution in [-0.2, 0) is 20.3 Å². The van der Waals surface area contributed by atoms with Gasteiger partial charge in [0.25, 0.3) is 0 Å². The summed E-state index contributed by atoms with van der Waals surface area (Å²) in [6.07, 6.45) is 0.811. The lowest BCUT2D eigenvalue weighted by Crippen LogP contribution is -2.29. The molecule has 0 bridgehead atoms. The van der Waals surface area contributed by atoms with E-state index < -0.39 is 43.5 Å². The molecule has 0 fully saturated rings. The molecule has 0 saturated heterocycles. The van der Waals surface area contributed by atoms with Crippen molar-refractivity contribution in [3.05, 3.63) is 72.3 Å². The molecule has 0 spiro atoms. The third-order valence-electron chi connectivity index (χ3n) is 5.88. The number of halogens is 2. The molecule has 3 aromatic carbocycles. The van der Waals surface area contributed by atoms with Gasteiger partial charge in [-0.1, -0.05) is 36.4 Å². The summed E-state index contributed by atoms with van der Waals surface area (Å²) >= 11 is 0. The number of nitrogens with zero attached hydrogens (tertiary/aromatic N) is 4. The van der Waals surface area contributed by atoms with E-state index in [2.05, 4.69) is 15.0 Å². The first-order valence-electron chi connectivity index (χ1n) is 11.5. The number of fused-ring (bicyclic) bond motifs is 1. The quantitative estimate of drug-likeness (QED) is 0.274. The number of nitrogen functional groups attached to an aromatic ring is 1. The summed E-state index contributed by atoms with van der Waals surface area (Å²) in [7, 11) is -5.77. The summed E-state index contributed by atoms with van der Waals surface area (Å²) in [5.74, 6) is -2.64. The predicted octanol–water partition coefficient (Wildman–Crippen LogP) is 3.61. The first-order valence-corrected chi connectivity index (χ1v) is 14.7. The molecule has 5 aromatic rings. The SMILES string of the molecule is CN(C)S(=O)(=O)n1c(N)nc2c(OS(C)(=O)=O)cc(-c3nc(-c4c(F)cccc4F)[nH]c3-c3ccccc3)cc21. The van der Waals surface area contributed by atoms with Crippen LogP contribution in [0.3, 0.4) is 0 Å². The molecule has 0 saturated carbocycles. The Labute approximate surface area is 228 Å². The average Bonchev–Trinajstić information content (AvgIpc) is 3.45. The number of rotatable bonds is 7.